The van der Waals surface area contributed by atoms with Crippen LogP contribution >= 0.6 is 0 Å². The van der Waals surface area contributed by atoms with Gasteiger partial charge in [-0.2, -0.15) is 8.42 Å². The van der Waals surface area contributed by atoms with Crippen molar-refractivity contribution in [2.75, 3.05) is 12.4 Å². The largest absolute Gasteiger partial charge is 0.457 e. The topological polar surface area (TPSA) is 161 Å². The van der Waals surface area contributed by atoms with Crippen molar-refractivity contribution in [3.63, 3.8) is 0 Å². The number of allylic oxidation sites excluding steroid dienone is 4. The number of ketones is 2. The molecule has 0 aromatic heterocycles. The van der Waals surface area contributed by atoms with Crippen LogP contribution in [0, 0.1) is 28.6 Å². The molecule has 0 saturated heterocycles. The van der Waals surface area contributed by atoms with E-state index < -0.39 is 92.6 Å². The fourth-order valence-corrected chi connectivity index (χ4v) is 8.91. The lowest BCUT2D eigenvalue weighted by Crippen LogP contribution is -2.70. The molecule has 12 heteroatoms. The minimum Gasteiger partial charge on any atom is -0.457 e. The predicted molar refractivity (Wildman–Crippen MR) is 148 cm³/mol. The number of hydrogen-bond donors (Lipinski definition) is 2. The van der Waals surface area contributed by atoms with Crippen LogP contribution in [0.25, 0.3) is 0 Å². The van der Waals surface area contributed by atoms with Gasteiger partial charge in [-0.05, 0) is 57.1 Å². The number of carbonyl (C=O) groups is 4. The number of carbonyl (C=O) groups excluding carboxylic acids is 4. The van der Waals surface area contributed by atoms with Crippen LogP contribution in [0.5, 0.6) is 0 Å². The second-order valence-corrected chi connectivity index (χ2v) is 14.4. The molecule has 0 unspecified atom stereocenters. The number of alkyl halides is 1. The molecular weight excluding hydrogens is 571 g/mol. The molecular formula is C30H41FO10S. The Morgan fingerprint density at radius 3 is 2.48 bits per heavy atom. The summed E-state index contributed by atoms with van der Waals surface area (Å²) >= 11 is 0. The molecule has 0 aromatic carbocycles. The highest BCUT2D eigenvalue weighted by molar-refractivity contribution is 7.85. The van der Waals surface area contributed by atoms with E-state index in [1.165, 1.54) is 18.2 Å². The summed E-state index contributed by atoms with van der Waals surface area (Å²) in [5, 5.41) is 11.6. The normalized spacial score (nSPS) is 39.0. The lowest BCUT2D eigenvalue weighted by molar-refractivity contribution is -0.228. The number of esters is 2. The lowest BCUT2D eigenvalue weighted by atomic mass is 9.44. The summed E-state index contributed by atoms with van der Waals surface area (Å²) in [5.74, 6) is -5.35. The van der Waals surface area contributed by atoms with Crippen LogP contribution in [-0.2, 0) is 38.8 Å². The van der Waals surface area contributed by atoms with Crippen LogP contribution in [0.4, 0.5) is 4.39 Å². The van der Waals surface area contributed by atoms with Crippen molar-refractivity contribution < 1.29 is 51.1 Å². The van der Waals surface area contributed by atoms with E-state index in [-0.39, 0.29) is 18.6 Å². The Labute approximate surface area is 245 Å². The molecule has 3 fully saturated rings. The summed E-state index contributed by atoms with van der Waals surface area (Å²) in [7, 11) is -4.43. The van der Waals surface area contributed by atoms with Gasteiger partial charge in [-0.25, -0.2) is 4.39 Å². The van der Waals surface area contributed by atoms with Crippen LogP contribution in [0.1, 0.15) is 79.1 Å². The van der Waals surface area contributed by atoms with E-state index in [0.29, 0.717) is 37.7 Å². The van der Waals surface area contributed by atoms with Gasteiger partial charge < -0.3 is 14.6 Å². The average molecular weight is 613 g/mol. The molecule has 234 valence electrons. The maximum atomic E-state index is 17.5. The quantitative estimate of drug-likeness (QED) is 0.276. The number of Topliss-reactive ketones (excluding diaryl/α,β-unsaturated/α-hetero) is 1. The van der Waals surface area contributed by atoms with E-state index in [1.807, 2.05) is 6.92 Å². The molecule has 10 nitrogen and oxygen atoms in total. The molecule has 0 amide bonds. The summed E-state index contributed by atoms with van der Waals surface area (Å²) in [6, 6.07) is 0. The first-order valence-corrected chi connectivity index (χ1v) is 16.2. The molecule has 0 radical (unpaired) electrons. The van der Waals surface area contributed by atoms with Crippen molar-refractivity contribution in [2.24, 2.45) is 28.6 Å². The number of unbranched alkanes of at least 4 members (excludes halogenated alkanes) is 1. The number of fused-ring (bicyclic) bond motifs is 5. The molecule has 2 N–H and O–H groups in total. The third kappa shape index (κ3) is 5.06. The number of rotatable bonds is 10. The molecule has 0 bridgehead atoms. The fraction of sp³-hybridized carbons (Fsp3) is 0.733. The van der Waals surface area contributed by atoms with E-state index in [2.05, 4.69) is 0 Å². The molecule has 0 spiro atoms. The van der Waals surface area contributed by atoms with Gasteiger partial charge in [0.1, 0.15) is 0 Å². The predicted octanol–water partition coefficient (Wildman–Crippen LogP) is 3.47. The van der Waals surface area contributed by atoms with Gasteiger partial charge in [-0.3, -0.25) is 23.7 Å². The van der Waals surface area contributed by atoms with Crippen molar-refractivity contribution in [3.05, 3.63) is 23.8 Å². The van der Waals surface area contributed by atoms with E-state index in [1.54, 1.807) is 20.8 Å². The first kappa shape index (κ1) is 32.5. The highest BCUT2D eigenvalue weighted by atomic mass is 32.2. The van der Waals surface area contributed by atoms with Gasteiger partial charge in [0.15, 0.2) is 23.7 Å². The average Bonchev–Trinajstić information content (AvgIpc) is 3.12. The maximum Gasteiger partial charge on any atom is 0.307 e. The molecule has 4 rings (SSSR count). The van der Waals surface area contributed by atoms with Gasteiger partial charge in [0.05, 0.1) is 18.3 Å². The van der Waals surface area contributed by atoms with Gasteiger partial charge in [0.2, 0.25) is 5.78 Å². The number of aliphatic hydroxyl groups excluding tert-OH is 1. The second-order valence-electron chi connectivity index (χ2n) is 12.8. The molecule has 0 aromatic rings. The Balaban J connectivity index is 1.71. The first-order valence-electron chi connectivity index (χ1n) is 14.6. The Hall–Kier alpha value is -2.44. The Morgan fingerprint density at radius 1 is 1.14 bits per heavy atom. The van der Waals surface area contributed by atoms with Crippen molar-refractivity contribution in [1.29, 1.82) is 0 Å². The summed E-state index contributed by atoms with van der Waals surface area (Å²) in [6.07, 6.45) is 4.14. The fourth-order valence-electron chi connectivity index (χ4n) is 8.49. The Kier molecular flexibility index (Phi) is 8.69. The van der Waals surface area contributed by atoms with Crippen LogP contribution in [0.3, 0.4) is 0 Å². The molecule has 4 aliphatic rings. The molecule has 8 atom stereocenters. The van der Waals surface area contributed by atoms with E-state index in [9.17, 15) is 32.7 Å². The molecule has 3 saturated carbocycles. The number of hydrogen-bond acceptors (Lipinski definition) is 9. The van der Waals surface area contributed by atoms with Gasteiger partial charge >= 0.3 is 11.9 Å². The number of halogens is 1. The number of aliphatic hydroxyl groups is 1. The Bertz CT molecular complexity index is 1320. The smallest absolute Gasteiger partial charge is 0.307 e. The SMILES string of the molecule is CCCCC(=O)O[C@]1(C(=O)COC(=O)CCS(=O)(=O)O)[C@@H](C)C[C@H]2[C@@H]3CCC4=CC(=O)C=C[C@]4(C)[C@@]3(F)[C@@H](O)C[C@@]21C. The minimum absolute atomic E-state index is 0.0389. The first-order chi connectivity index (χ1) is 19.5. The summed E-state index contributed by atoms with van der Waals surface area (Å²) in [4.78, 5) is 51.5. The van der Waals surface area contributed by atoms with Crippen LogP contribution < -0.4 is 0 Å². The standard InChI is InChI=1S/C30H41FO10S/c1-5-6-7-26(36)41-30(24(34)17-40-25(35)11-13-42(37,38)39)18(2)14-22-21-9-8-19-15-20(32)10-12-27(19,3)29(21,31)23(33)16-28(22,30)4/h10,12,15,18,21-23,33H,5-9,11,13-14,16-17H2,1-4H3,(H,37,38,39)/t18-,21-,22-,23-,27-,28-,29-,30-/m0/s1. The molecule has 4 aliphatic carbocycles. The van der Waals surface area contributed by atoms with Crippen LogP contribution in [0.15, 0.2) is 23.8 Å². The molecule has 0 aliphatic heterocycles. The van der Waals surface area contributed by atoms with Gasteiger partial charge in [0, 0.05) is 29.1 Å². The maximum absolute atomic E-state index is 17.5. The van der Waals surface area contributed by atoms with Crippen LogP contribution in [-0.4, -0.2) is 71.3 Å². The van der Waals surface area contributed by atoms with Crippen molar-refractivity contribution >= 4 is 33.6 Å². The van der Waals surface area contributed by atoms with E-state index in [0.717, 1.165) is 0 Å². The highest BCUT2D eigenvalue weighted by Crippen LogP contribution is 2.71. The zero-order chi connectivity index (χ0) is 31.3. The van der Waals surface area contributed by atoms with Crippen molar-refractivity contribution in [2.45, 2.75) is 96.4 Å². The van der Waals surface area contributed by atoms with Gasteiger partial charge in [-0.1, -0.05) is 38.8 Å². The highest BCUT2D eigenvalue weighted by Gasteiger charge is 2.77. The van der Waals surface area contributed by atoms with E-state index in [4.69, 9.17) is 14.0 Å². The van der Waals surface area contributed by atoms with Gasteiger partial charge in [-0.15, -0.1) is 0 Å². The molecule has 0 heterocycles. The summed E-state index contributed by atoms with van der Waals surface area (Å²) in [5.41, 5.74) is -5.83. The Morgan fingerprint density at radius 2 is 1.83 bits per heavy atom. The zero-order valence-electron chi connectivity index (χ0n) is 24.6. The lowest BCUT2D eigenvalue weighted by Gasteiger charge is -2.62. The second kappa shape index (κ2) is 11.2. The third-order valence-corrected chi connectivity index (χ3v) is 11.3. The van der Waals surface area contributed by atoms with Crippen molar-refractivity contribution in [3.8, 4) is 0 Å². The van der Waals surface area contributed by atoms with Gasteiger partial charge in [0.25, 0.3) is 10.1 Å². The van der Waals surface area contributed by atoms with E-state index >= 15 is 4.39 Å². The molecule has 42 heavy (non-hydrogen) atoms. The van der Waals surface area contributed by atoms with Crippen molar-refractivity contribution in [1.82, 2.24) is 0 Å². The zero-order valence-corrected chi connectivity index (χ0v) is 25.4. The minimum atomic E-state index is -4.43. The summed E-state index contributed by atoms with van der Waals surface area (Å²) < 4.78 is 59.7. The third-order valence-electron chi connectivity index (χ3n) is 10.5. The summed E-state index contributed by atoms with van der Waals surface area (Å²) in [6.45, 7) is 6.22. The van der Waals surface area contributed by atoms with Crippen LogP contribution in [0.2, 0.25) is 0 Å². The monoisotopic (exact) mass is 612 g/mol. The number of ether oxygens (including phenoxy) is 2.